The van der Waals surface area contributed by atoms with Crippen molar-refractivity contribution in [2.24, 2.45) is 0 Å². The Morgan fingerprint density at radius 2 is 2.23 bits per heavy atom. The van der Waals surface area contributed by atoms with Gasteiger partial charge in [0.1, 0.15) is 5.82 Å². The van der Waals surface area contributed by atoms with Crippen LogP contribution in [0.3, 0.4) is 0 Å². The van der Waals surface area contributed by atoms with Gasteiger partial charge in [-0.1, -0.05) is 0 Å². The van der Waals surface area contributed by atoms with Gasteiger partial charge in [0.05, 0.1) is 11.7 Å². The fourth-order valence-corrected chi connectivity index (χ4v) is 3.14. The molecular weight excluding hydrogens is 282 g/mol. The van der Waals surface area contributed by atoms with Crippen LogP contribution < -0.4 is 0 Å². The van der Waals surface area contributed by atoms with Crippen LogP contribution >= 0.6 is 0 Å². The molecule has 1 saturated heterocycles. The average Bonchev–Trinajstić information content (AvgIpc) is 3.10. The highest BCUT2D eigenvalue weighted by Crippen LogP contribution is 2.41. The summed E-state index contributed by atoms with van der Waals surface area (Å²) in [7, 11) is 0. The van der Waals surface area contributed by atoms with E-state index in [9.17, 15) is 4.79 Å². The first-order valence-corrected chi connectivity index (χ1v) is 7.87. The van der Waals surface area contributed by atoms with E-state index in [1.165, 1.54) is 6.39 Å². The molecular formula is C15H19N5O2. The Hall–Kier alpha value is -2.18. The third-order valence-corrected chi connectivity index (χ3v) is 4.43. The van der Waals surface area contributed by atoms with Crippen molar-refractivity contribution in [3.05, 3.63) is 29.5 Å². The number of likely N-dealkylation sites (tertiary alicyclic amines) is 1. The lowest BCUT2D eigenvalue weighted by Gasteiger charge is -2.33. The maximum Gasteiger partial charge on any atom is 0.292 e. The van der Waals surface area contributed by atoms with Crippen molar-refractivity contribution in [3.63, 3.8) is 0 Å². The predicted octanol–water partition coefficient (Wildman–Crippen LogP) is 2.35. The van der Waals surface area contributed by atoms with Gasteiger partial charge in [-0.05, 0) is 39.0 Å². The van der Waals surface area contributed by atoms with Crippen molar-refractivity contribution in [3.8, 4) is 0 Å². The van der Waals surface area contributed by atoms with Gasteiger partial charge >= 0.3 is 0 Å². The highest BCUT2D eigenvalue weighted by atomic mass is 16.3. The van der Waals surface area contributed by atoms with Crippen molar-refractivity contribution in [2.75, 3.05) is 6.54 Å². The molecule has 2 aliphatic rings. The summed E-state index contributed by atoms with van der Waals surface area (Å²) in [6.45, 7) is 2.58. The van der Waals surface area contributed by atoms with Crippen LogP contribution in [-0.2, 0) is 0 Å². The SMILES string of the molecule is Cc1nc(C2CCCCN2C(=O)c2ocnc2C2CC2)n[nH]1. The van der Waals surface area contributed by atoms with Gasteiger partial charge in [0, 0.05) is 12.5 Å². The molecule has 116 valence electrons. The summed E-state index contributed by atoms with van der Waals surface area (Å²) in [6, 6.07) is -0.0802. The summed E-state index contributed by atoms with van der Waals surface area (Å²) in [4.78, 5) is 23.4. The molecule has 2 aromatic heterocycles. The van der Waals surface area contributed by atoms with Crippen molar-refractivity contribution in [2.45, 2.75) is 51.0 Å². The lowest BCUT2D eigenvalue weighted by atomic mass is 10.0. The van der Waals surface area contributed by atoms with E-state index >= 15 is 0 Å². The van der Waals surface area contributed by atoms with Gasteiger partial charge in [-0.15, -0.1) is 0 Å². The van der Waals surface area contributed by atoms with E-state index in [-0.39, 0.29) is 11.9 Å². The molecule has 2 fully saturated rings. The molecule has 0 bridgehead atoms. The molecule has 1 aliphatic carbocycles. The monoisotopic (exact) mass is 301 g/mol. The second-order valence-electron chi connectivity index (χ2n) is 6.13. The Morgan fingerprint density at radius 3 is 2.95 bits per heavy atom. The lowest BCUT2D eigenvalue weighted by molar-refractivity contribution is 0.0566. The zero-order valence-corrected chi connectivity index (χ0v) is 12.6. The minimum atomic E-state index is -0.0802. The van der Waals surface area contributed by atoms with Gasteiger partial charge in [0.2, 0.25) is 5.76 Å². The molecule has 0 spiro atoms. The van der Waals surface area contributed by atoms with Crippen LogP contribution in [0.1, 0.15) is 72.0 Å². The minimum absolute atomic E-state index is 0.0773. The topological polar surface area (TPSA) is 87.9 Å². The molecule has 1 atom stereocenters. The average molecular weight is 301 g/mol. The van der Waals surface area contributed by atoms with Crippen LogP contribution in [-0.4, -0.2) is 37.5 Å². The molecule has 1 aliphatic heterocycles. The van der Waals surface area contributed by atoms with Crippen LogP contribution in [0.2, 0.25) is 0 Å². The molecule has 0 radical (unpaired) electrons. The second kappa shape index (κ2) is 5.23. The molecule has 1 unspecified atom stereocenters. The number of nitrogens with one attached hydrogen (secondary N) is 1. The Balaban J connectivity index is 1.63. The van der Waals surface area contributed by atoms with Crippen LogP contribution in [0.15, 0.2) is 10.8 Å². The number of aromatic amines is 1. The minimum Gasteiger partial charge on any atom is -0.438 e. The summed E-state index contributed by atoms with van der Waals surface area (Å²) in [6.07, 6.45) is 6.53. The first kappa shape index (κ1) is 13.5. The number of hydrogen-bond acceptors (Lipinski definition) is 5. The van der Waals surface area contributed by atoms with E-state index in [2.05, 4.69) is 20.2 Å². The number of rotatable bonds is 3. The summed E-state index contributed by atoms with van der Waals surface area (Å²) < 4.78 is 5.42. The Kier molecular flexibility index (Phi) is 3.20. The molecule has 4 rings (SSSR count). The Bertz CT molecular complexity index is 688. The number of aryl methyl sites for hydroxylation is 1. The molecule has 3 heterocycles. The van der Waals surface area contributed by atoms with E-state index in [0.29, 0.717) is 24.0 Å². The molecule has 1 amide bonds. The Morgan fingerprint density at radius 1 is 1.36 bits per heavy atom. The number of nitrogens with zero attached hydrogens (tertiary/aromatic N) is 4. The van der Waals surface area contributed by atoms with Crippen LogP contribution in [0.25, 0.3) is 0 Å². The predicted molar refractivity (Wildman–Crippen MR) is 77.2 cm³/mol. The van der Waals surface area contributed by atoms with Gasteiger partial charge in [-0.25, -0.2) is 9.97 Å². The number of aromatic nitrogens is 4. The highest BCUT2D eigenvalue weighted by molar-refractivity contribution is 5.93. The summed E-state index contributed by atoms with van der Waals surface area (Å²) in [5.41, 5.74) is 0.820. The molecule has 22 heavy (non-hydrogen) atoms. The maximum atomic E-state index is 12.9. The molecule has 0 aromatic carbocycles. The van der Waals surface area contributed by atoms with Crippen LogP contribution in [0.5, 0.6) is 0 Å². The molecule has 2 aromatic rings. The third-order valence-electron chi connectivity index (χ3n) is 4.43. The van der Waals surface area contributed by atoms with Crippen LogP contribution in [0.4, 0.5) is 0 Å². The van der Waals surface area contributed by atoms with E-state index in [0.717, 1.165) is 43.6 Å². The summed E-state index contributed by atoms with van der Waals surface area (Å²) in [5, 5.41) is 7.11. The first-order valence-electron chi connectivity index (χ1n) is 7.87. The number of oxazole rings is 1. The number of hydrogen-bond donors (Lipinski definition) is 1. The van der Waals surface area contributed by atoms with E-state index in [1.807, 2.05) is 11.8 Å². The van der Waals surface area contributed by atoms with Gasteiger partial charge in [0.15, 0.2) is 12.2 Å². The molecule has 7 nitrogen and oxygen atoms in total. The van der Waals surface area contributed by atoms with Gasteiger partial charge < -0.3 is 9.32 Å². The smallest absolute Gasteiger partial charge is 0.292 e. The molecule has 1 N–H and O–H groups in total. The van der Waals surface area contributed by atoms with E-state index < -0.39 is 0 Å². The standard InChI is InChI=1S/C15H19N5O2/c1-9-17-14(19-18-9)11-4-2-3-7-20(11)15(21)13-12(10-5-6-10)16-8-22-13/h8,10-11H,2-7H2,1H3,(H,17,18,19). The number of carbonyl (C=O) groups excluding carboxylic acids is 1. The van der Waals surface area contributed by atoms with Crippen molar-refractivity contribution in [1.29, 1.82) is 0 Å². The van der Waals surface area contributed by atoms with Crippen molar-refractivity contribution < 1.29 is 9.21 Å². The summed E-state index contributed by atoms with van der Waals surface area (Å²) in [5.74, 6) is 2.18. The van der Waals surface area contributed by atoms with Crippen LogP contribution in [0, 0.1) is 6.92 Å². The zero-order chi connectivity index (χ0) is 15.1. The summed E-state index contributed by atoms with van der Waals surface area (Å²) >= 11 is 0. The normalized spacial score (nSPS) is 22.0. The van der Waals surface area contributed by atoms with Gasteiger partial charge in [-0.3, -0.25) is 9.89 Å². The largest absolute Gasteiger partial charge is 0.438 e. The molecule has 7 heteroatoms. The van der Waals surface area contributed by atoms with Gasteiger partial charge in [0.25, 0.3) is 5.91 Å². The maximum absolute atomic E-state index is 12.9. The highest BCUT2D eigenvalue weighted by Gasteiger charge is 2.37. The van der Waals surface area contributed by atoms with Crippen molar-refractivity contribution >= 4 is 5.91 Å². The third kappa shape index (κ3) is 2.30. The lowest BCUT2D eigenvalue weighted by Crippen LogP contribution is -2.39. The number of carbonyl (C=O) groups is 1. The number of piperidine rings is 1. The number of H-pyrrole nitrogens is 1. The first-order chi connectivity index (χ1) is 10.7. The zero-order valence-electron chi connectivity index (χ0n) is 12.6. The van der Waals surface area contributed by atoms with E-state index in [4.69, 9.17) is 4.42 Å². The Labute approximate surface area is 128 Å². The fraction of sp³-hybridized carbons (Fsp3) is 0.600. The van der Waals surface area contributed by atoms with E-state index in [1.54, 1.807) is 0 Å². The fourth-order valence-electron chi connectivity index (χ4n) is 3.14. The second-order valence-corrected chi connectivity index (χ2v) is 6.13. The molecule has 1 saturated carbocycles. The van der Waals surface area contributed by atoms with Crippen molar-refractivity contribution in [1.82, 2.24) is 25.1 Å². The quantitative estimate of drug-likeness (QED) is 0.940. The van der Waals surface area contributed by atoms with Gasteiger partial charge in [-0.2, -0.15) is 5.10 Å². The number of amides is 1.